The summed E-state index contributed by atoms with van der Waals surface area (Å²) in [6.07, 6.45) is 4.34. The molecule has 0 saturated carbocycles. The van der Waals surface area contributed by atoms with Crippen LogP contribution >= 0.6 is 0 Å². The third-order valence-electron chi connectivity index (χ3n) is 5.13. The normalized spacial score (nSPS) is 18.6. The van der Waals surface area contributed by atoms with Crippen molar-refractivity contribution in [2.75, 3.05) is 39.1 Å². The largest absolute Gasteiger partial charge is 0.496 e. The van der Waals surface area contributed by atoms with Crippen LogP contribution in [0.3, 0.4) is 0 Å². The molecule has 0 bridgehead atoms. The predicted molar refractivity (Wildman–Crippen MR) is 105 cm³/mol. The van der Waals surface area contributed by atoms with E-state index in [0.29, 0.717) is 12.0 Å². The second-order valence-electron chi connectivity index (χ2n) is 7.13. The maximum atomic E-state index is 9.53. The lowest BCUT2D eigenvalue weighted by molar-refractivity contribution is 0.0499. The molecule has 0 amide bonds. The van der Waals surface area contributed by atoms with Crippen molar-refractivity contribution in [2.24, 2.45) is 0 Å². The number of piperazine rings is 1. The Morgan fingerprint density at radius 2 is 1.96 bits per heavy atom. The number of aromatic nitrogens is 2. The van der Waals surface area contributed by atoms with E-state index in [4.69, 9.17) is 10.5 Å². The van der Waals surface area contributed by atoms with Crippen molar-refractivity contribution in [3.63, 3.8) is 0 Å². The fourth-order valence-corrected chi connectivity index (χ4v) is 3.71. The van der Waals surface area contributed by atoms with Crippen molar-refractivity contribution < 1.29 is 9.84 Å². The van der Waals surface area contributed by atoms with E-state index >= 15 is 0 Å². The topological polar surface area (TPSA) is 87.7 Å². The predicted octanol–water partition coefficient (Wildman–Crippen LogP) is 1.44. The average molecular weight is 371 g/mol. The number of nitrogen functional groups attached to an aromatic ring is 1. The van der Waals surface area contributed by atoms with Crippen LogP contribution in [0.2, 0.25) is 0 Å². The Bertz CT molecular complexity index is 738. The van der Waals surface area contributed by atoms with Gasteiger partial charge < -0.3 is 15.6 Å². The number of aliphatic hydroxyl groups is 1. The third-order valence-corrected chi connectivity index (χ3v) is 5.13. The summed E-state index contributed by atoms with van der Waals surface area (Å²) in [5.41, 5.74) is 9.05. The minimum Gasteiger partial charge on any atom is -0.496 e. The van der Waals surface area contributed by atoms with Gasteiger partial charge in [-0.1, -0.05) is 12.1 Å². The molecular weight excluding hydrogens is 342 g/mol. The van der Waals surface area contributed by atoms with Gasteiger partial charge in [0.05, 0.1) is 7.11 Å². The molecule has 1 atom stereocenters. The highest BCUT2D eigenvalue weighted by Crippen LogP contribution is 2.22. The van der Waals surface area contributed by atoms with Crippen LogP contribution in [0.1, 0.15) is 23.1 Å². The lowest BCUT2D eigenvalue weighted by Gasteiger charge is -2.41. The molecule has 3 N–H and O–H groups in total. The van der Waals surface area contributed by atoms with Crippen molar-refractivity contribution in [1.29, 1.82) is 0 Å². The monoisotopic (exact) mass is 371 g/mol. The maximum absolute atomic E-state index is 9.53. The fraction of sp³-hybridized carbons (Fsp3) is 0.500. The van der Waals surface area contributed by atoms with Crippen LogP contribution in [0, 0.1) is 6.92 Å². The first-order chi connectivity index (χ1) is 13.1. The minimum absolute atomic E-state index is 0.196. The van der Waals surface area contributed by atoms with Crippen LogP contribution in [0.4, 0.5) is 5.95 Å². The number of rotatable bonds is 7. The highest BCUT2D eigenvalue weighted by atomic mass is 16.5. The summed E-state index contributed by atoms with van der Waals surface area (Å²) < 4.78 is 5.36. The summed E-state index contributed by atoms with van der Waals surface area (Å²) in [5.74, 6) is 1.22. The molecule has 1 fully saturated rings. The smallest absolute Gasteiger partial charge is 0.219 e. The van der Waals surface area contributed by atoms with Crippen LogP contribution < -0.4 is 10.5 Å². The fourth-order valence-electron chi connectivity index (χ4n) is 3.71. The lowest BCUT2D eigenvalue weighted by Crippen LogP contribution is -2.52. The van der Waals surface area contributed by atoms with E-state index in [2.05, 4.69) is 38.8 Å². The van der Waals surface area contributed by atoms with Crippen LogP contribution in [0.15, 0.2) is 30.6 Å². The van der Waals surface area contributed by atoms with E-state index in [1.54, 1.807) is 19.5 Å². The van der Waals surface area contributed by atoms with Gasteiger partial charge in [0.1, 0.15) is 5.75 Å². The summed E-state index contributed by atoms with van der Waals surface area (Å²) in [4.78, 5) is 13.0. The molecule has 27 heavy (non-hydrogen) atoms. The Morgan fingerprint density at radius 1 is 1.19 bits per heavy atom. The van der Waals surface area contributed by atoms with E-state index in [1.807, 2.05) is 6.07 Å². The number of hydrogen-bond donors (Lipinski definition) is 2. The Labute approximate surface area is 160 Å². The molecule has 3 rings (SSSR count). The van der Waals surface area contributed by atoms with E-state index in [0.717, 1.165) is 56.0 Å². The second kappa shape index (κ2) is 9.12. The highest BCUT2D eigenvalue weighted by Gasteiger charge is 2.26. The molecule has 7 heteroatoms. The van der Waals surface area contributed by atoms with Gasteiger partial charge in [-0.25, -0.2) is 9.97 Å². The van der Waals surface area contributed by atoms with E-state index in [-0.39, 0.29) is 6.61 Å². The molecule has 0 spiro atoms. The number of hydrogen-bond acceptors (Lipinski definition) is 7. The van der Waals surface area contributed by atoms with Crippen molar-refractivity contribution >= 4 is 5.95 Å². The molecule has 1 saturated heterocycles. The van der Waals surface area contributed by atoms with Gasteiger partial charge >= 0.3 is 0 Å². The molecule has 2 aromatic rings. The van der Waals surface area contributed by atoms with Crippen molar-refractivity contribution in [1.82, 2.24) is 19.8 Å². The number of methoxy groups -OCH3 is 1. The van der Waals surface area contributed by atoms with Gasteiger partial charge in [0, 0.05) is 63.3 Å². The van der Waals surface area contributed by atoms with E-state index < -0.39 is 0 Å². The molecular formula is C20H29N5O2. The van der Waals surface area contributed by atoms with Gasteiger partial charge in [0.25, 0.3) is 0 Å². The van der Waals surface area contributed by atoms with Crippen molar-refractivity contribution in [2.45, 2.75) is 32.5 Å². The number of aryl methyl sites for hydroxylation is 1. The SMILES string of the molecule is COc1ccc(CN2CCN(Cc3cnc(N)nc3)C[C@@H]2CCO)cc1C. The molecule has 2 heterocycles. The zero-order valence-electron chi connectivity index (χ0n) is 16.1. The summed E-state index contributed by atoms with van der Waals surface area (Å²) in [7, 11) is 1.70. The van der Waals surface area contributed by atoms with E-state index in [9.17, 15) is 5.11 Å². The third kappa shape index (κ3) is 5.15. The number of anilines is 1. The molecule has 0 radical (unpaired) electrons. The summed E-state index contributed by atoms with van der Waals surface area (Å²) in [6, 6.07) is 6.66. The molecule has 1 aromatic carbocycles. The molecule has 1 aromatic heterocycles. The van der Waals surface area contributed by atoms with Gasteiger partial charge in [-0.05, 0) is 30.5 Å². The van der Waals surface area contributed by atoms with Crippen LogP contribution in [-0.2, 0) is 13.1 Å². The molecule has 1 aliphatic heterocycles. The number of aliphatic hydroxyl groups excluding tert-OH is 1. The second-order valence-corrected chi connectivity index (χ2v) is 7.13. The first-order valence-electron chi connectivity index (χ1n) is 9.36. The summed E-state index contributed by atoms with van der Waals surface area (Å²) in [6.45, 7) is 6.81. The highest BCUT2D eigenvalue weighted by molar-refractivity contribution is 5.36. The van der Waals surface area contributed by atoms with E-state index in [1.165, 1.54) is 5.56 Å². The Morgan fingerprint density at radius 3 is 2.63 bits per heavy atom. The Hall–Kier alpha value is -2.22. The number of benzene rings is 1. The van der Waals surface area contributed by atoms with Crippen LogP contribution in [-0.4, -0.2) is 64.3 Å². The zero-order chi connectivity index (χ0) is 19.2. The molecule has 0 aliphatic carbocycles. The van der Waals surface area contributed by atoms with Crippen molar-refractivity contribution in [3.05, 3.63) is 47.3 Å². The standard InChI is InChI=1S/C20H29N5O2/c1-15-9-16(3-4-19(15)27-2)13-25-7-6-24(14-18(25)5-8-26)12-17-10-22-20(21)23-11-17/h3-4,9-11,18,26H,5-8,12-14H2,1-2H3,(H2,21,22,23)/t18-/m0/s1. The van der Waals surface area contributed by atoms with Gasteiger partial charge in [-0.15, -0.1) is 0 Å². The summed E-state index contributed by atoms with van der Waals surface area (Å²) in [5, 5.41) is 9.53. The molecule has 7 nitrogen and oxygen atoms in total. The number of nitrogens with two attached hydrogens (primary N) is 1. The van der Waals surface area contributed by atoms with Crippen molar-refractivity contribution in [3.8, 4) is 5.75 Å². The summed E-state index contributed by atoms with van der Waals surface area (Å²) >= 11 is 0. The van der Waals surface area contributed by atoms with Crippen LogP contribution in [0.5, 0.6) is 5.75 Å². The Balaban J connectivity index is 1.63. The first kappa shape index (κ1) is 19.5. The zero-order valence-corrected chi connectivity index (χ0v) is 16.1. The quantitative estimate of drug-likeness (QED) is 0.761. The molecule has 1 aliphatic rings. The van der Waals surface area contributed by atoms with Crippen LogP contribution in [0.25, 0.3) is 0 Å². The van der Waals surface area contributed by atoms with Gasteiger partial charge in [0.2, 0.25) is 5.95 Å². The first-order valence-corrected chi connectivity index (χ1v) is 9.36. The number of ether oxygens (including phenoxy) is 1. The molecule has 0 unspecified atom stereocenters. The Kier molecular flexibility index (Phi) is 6.60. The maximum Gasteiger partial charge on any atom is 0.219 e. The lowest BCUT2D eigenvalue weighted by atomic mass is 10.0. The average Bonchev–Trinajstić information content (AvgIpc) is 2.66. The minimum atomic E-state index is 0.196. The number of nitrogens with zero attached hydrogens (tertiary/aromatic N) is 4. The van der Waals surface area contributed by atoms with Gasteiger partial charge in [-0.3, -0.25) is 9.80 Å². The van der Waals surface area contributed by atoms with Gasteiger partial charge in [0.15, 0.2) is 0 Å². The van der Waals surface area contributed by atoms with Gasteiger partial charge in [-0.2, -0.15) is 0 Å². The molecule has 146 valence electrons.